The second-order valence-corrected chi connectivity index (χ2v) is 4.15. The van der Waals surface area contributed by atoms with E-state index >= 15 is 0 Å². The molecule has 3 atom stereocenters. The first-order chi connectivity index (χ1) is 7.93. The Morgan fingerprint density at radius 3 is 2.50 bits per heavy atom. The monoisotopic (exact) mass is 275 g/mol. The van der Waals surface area contributed by atoms with Crippen LogP contribution in [0.25, 0.3) is 0 Å². The van der Waals surface area contributed by atoms with Crippen molar-refractivity contribution in [1.82, 2.24) is 14.7 Å². The van der Waals surface area contributed by atoms with Crippen molar-refractivity contribution < 1.29 is 19.8 Å². The van der Waals surface area contributed by atoms with Crippen molar-refractivity contribution in [2.24, 2.45) is 13.0 Å². The van der Waals surface area contributed by atoms with E-state index in [2.05, 4.69) is 5.10 Å². The van der Waals surface area contributed by atoms with Gasteiger partial charge in [-0.25, -0.2) is 0 Å². The van der Waals surface area contributed by atoms with Crippen LogP contribution < -0.4 is 0 Å². The molecule has 0 aliphatic carbocycles. The number of nitrogens with zero attached hydrogens (tertiary/aromatic N) is 3. The van der Waals surface area contributed by atoms with Gasteiger partial charge in [0.05, 0.1) is 12.2 Å². The van der Waals surface area contributed by atoms with Gasteiger partial charge in [0.25, 0.3) is 5.91 Å². The average molecular weight is 276 g/mol. The number of aliphatic hydroxyl groups excluding tert-OH is 1. The predicted octanol–water partition coefficient (Wildman–Crippen LogP) is -0.583. The highest BCUT2D eigenvalue weighted by Gasteiger charge is 2.50. The third-order valence-corrected chi connectivity index (χ3v) is 3.05. The van der Waals surface area contributed by atoms with Gasteiger partial charge in [-0.1, -0.05) is 0 Å². The molecule has 0 bridgehead atoms. The second-order valence-electron chi connectivity index (χ2n) is 4.15. The van der Waals surface area contributed by atoms with Crippen LogP contribution in [0.15, 0.2) is 12.4 Å². The molecule has 0 saturated carbocycles. The summed E-state index contributed by atoms with van der Waals surface area (Å²) in [5.74, 6) is -2.92. The first-order valence-electron chi connectivity index (χ1n) is 5.09. The normalized spacial score (nSPS) is 27.2. The highest BCUT2D eigenvalue weighted by Crippen LogP contribution is 2.37. The Labute approximate surface area is 109 Å². The number of likely N-dealkylation sites (N-methyl/N-ethyl adjacent to an activating group) is 1. The molecule has 0 spiro atoms. The molecule has 2 N–H and O–H groups in total. The van der Waals surface area contributed by atoms with Crippen molar-refractivity contribution in [2.75, 3.05) is 7.05 Å². The van der Waals surface area contributed by atoms with Crippen LogP contribution in [0, 0.1) is 5.92 Å². The van der Waals surface area contributed by atoms with E-state index in [0.717, 1.165) is 0 Å². The number of likely N-dealkylation sites (tertiary alicyclic amines) is 1. The maximum atomic E-state index is 11.6. The molecule has 0 radical (unpaired) electrons. The predicted molar refractivity (Wildman–Crippen MR) is 63.1 cm³/mol. The number of carbonyl (C=O) groups excluding carboxylic acids is 1. The zero-order valence-electron chi connectivity index (χ0n) is 9.85. The van der Waals surface area contributed by atoms with E-state index in [1.54, 1.807) is 13.2 Å². The van der Waals surface area contributed by atoms with Crippen LogP contribution in [0.1, 0.15) is 11.6 Å². The number of aryl methyl sites for hydroxylation is 1. The minimum absolute atomic E-state index is 0. The largest absolute Gasteiger partial charge is 0.481 e. The van der Waals surface area contributed by atoms with Gasteiger partial charge in [0.1, 0.15) is 12.0 Å². The number of aliphatic carboxylic acids is 1. The zero-order valence-corrected chi connectivity index (χ0v) is 10.7. The van der Waals surface area contributed by atoms with Crippen molar-refractivity contribution >= 4 is 24.3 Å². The number of carboxylic acid groups (broad SMARTS) is 1. The van der Waals surface area contributed by atoms with Gasteiger partial charge >= 0.3 is 5.97 Å². The highest BCUT2D eigenvalue weighted by molar-refractivity contribution is 5.91. The standard InChI is InChI=1S/C10H13N3O4.ClH/c1-12-4-5(3-11-12)7-6(10(16)17)8(14)9(15)13(7)2;/h3-4,6-8,14H,1-2H3,(H,16,17);1H/t6-,7-,8-;/m1./s1. The summed E-state index contributed by atoms with van der Waals surface area (Å²) in [7, 11) is 3.18. The molecule has 100 valence electrons. The molecule has 1 saturated heterocycles. The summed E-state index contributed by atoms with van der Waals surface area (Å²) >= 11 is 0. The van der Waals surface area contributed by atoms with Gasteiger partial charge in [-0.2, -0.15) is 5.10 Å². The highest BCUT2D eigenvalue weighted by atomic mass is 35.5. The van der Waals surface area contributed by atoms with E-state index < -0.39 is 29.9 Å². The Hall–Kier alpha value is -1.60. The summed E-state index contributed by atoms with van der Waals surface area (Å²) in [4.78, 5) is 24.0. The van der Waals surface area contributed by atoms with Crippen LogP contribution in [-0.2, 0) is 16.6 Å². The Balaban J connectivity index is 0.00000162. The summed E-state index contributed by atoms with van der Waals surface area (Å²) in [5.41, 5.74) is 0.604. The topological polar surface area (TPSA) is 95.7 Å². The van der Waals surface area contributed by atoms with Crippen LogP contribution in [0.3, 0.4) is 0 Å². The summed E-state index contributed by atoms with van der Waals surface area (Å²) < 4.78 is 1.53. The van der Waals surface area contributed by atoms with E-state index in [0.29, 0.717) is 5.56 Å². The molecular weight excluding hydrogens is 262 g/mol. The smallest absolute Gasteiger partial charge is 0.312 e. The van der Waals surface area contributed by atoms with Crippen molar-refractivity contribution in [2.45, 2.75) is 12.1 Å². The molecule has 2 heterocycles. The molecule has 0 aromatic carbocycles. The lowest BCUT2D eigenvalue weighted by molar-refractivity contribution is -0.147. The molecule has 0 unspecified atom stereocenters. The zero-order chi connectivity index (χ0) is 12.7. The Bertz CT molecular complexity index is 475. The summed E-state index contributed by atoms with van der Waals surface area (Å²) in [6.45, 7) is 0. The SMILES string of the molecule is CN1C(=O)[C@H](O)[C@H](C(=O)O)[C@H]1c1cnn(C)c1.Cl. The third kappa shape index (κ3) is 2.06. The number of carbonyl (C=O) groups is 2. The first-order valence-corrected chi connectivity index (χ1v) is 5.09. The molecular formula is C10H14ClN3O4. The van der Waals surface area contributed by atoms with Crippen LogP contribution in [0.2, 0.25) is 0 Å². The molecule has 8 heteroatoms. The lowest BCUT2D eigenvalue weighted by Crippen LogP contribution is -2.29. The van der Waals surface area contributed by atoms with Gasteiger partial charge < -0.3 is 15.1 Å². The average Bonchev–Trinajstić information content (AvgIpc) is 2.76. The number of halogens is 1. The van der Waals surface area contributed by atoms with E-state index in [-0.39, 0.29) is 12.4 Å². The third-order valence-electron chi connectivity index (χ3n) is 3.05. The Morgan fingerprint density at radius 1 is 1.44 bits per heavy atom. The maximum absolute atomic E-state index is 11.6. The number of carboxylic acids is 1. The first kappa shape index (κ1) is 14.5. The van der Waals surface area contributed by atoms with E-state index in [4.69, 9.17) is 5.11 Å². The molecule has 2 rings (SSSR count). The molecule has 1 aromatic rings. The van der Waals surface area contributed by atoms with Crippen LogP contribution >= 0.6 is 12.4 Å². The Morgan fingerprint density at radius 2 is 2.06 bits per heavy atom. The lowest BCUT2D eigenvalue weighted by atomic mass is 9.94. The van der Waals surface area contributed by atoms with Gasteiger partial charge in [-0.05, 0) is 0 Å². The minimum atomic E-state index is -1.50. The molecule has 1 aromatic heterocycles. The van der Waals surface area contributed by atoms with Gasteiger partial charge in [0.2, 0.25) is 0 Å². The Kier molecular flexibility index (Phi) is 3.98. The quantitative estimate of drug-likeness (QED) is 0.753. The molecule has 1 amide bonds. The molecule has 7 nitrogen and oxygen atoms in total. The van der Waals surface area contributed by atoms with Crippen LogP contribution in [0.5, 0.6) is 0 Å². The van der Waals surface area contributed by atoms with E-state index in [9.17, 15) is 14.7 Å². The number of rotatable bonds is 2. The van der Waals surface area contributed by atoms with Crippen molar-refractivity contribution in [3.05, 3.63) is 18.0 Å². The number of amides is 1. The summed E-state index contributed by atoms with van der Waals surface area (Å²) in [6.07, 6.45) is 1.65. The molecule has 1 fully saturated rings. The number of hydrogen-bond acceptors (Lipinski definition) is 4. The fourth-order valence-corrected chi connectivity index (χ4v) is 2.21. The number of hydrogen-bond donors (Lipinski definition) is 2. The number of aromatic nitrogens is 2. The van der Waals surface area contributed by atoms with Gasteiger partial charge in [0.15, 0.2) is 0 Å². The minimum Gasteiger partial charge on any atom is -0.481 e. The van der Waals surface area contributed by atoms with Gasteiger partial charge in [-0.3, -0.25) is 14.3 Å². The molecule has 18 heavy (non-hydrogen) atoms. The molecule has 1 aliphatic rings. The van der Waals surface area contributed by atoms with E-state index in [1.165, 1.54) is 22.8 Å². The lowest BCUT2D eigenvalue weighted by Gasteiger charge is -2.21. The van der Waals surface area contributed by atoms with Gasteiger partial charge in [0, 0.05) is 25.9 Å². The van der Waals surface area contributed by atoms with Crippen LogP contribution in [0.4, 0.5) is 0 Å². The fraction of sp³-hybridized carbons (Fsp3) is 0.500. The second kappa shape index (κ2) is 4.95. The number of aliphatic hydroxyl groups is 1. The van der Waals surface area contributed by atoms with Crippen molar-refractivity contribution in [3.63, 3.8) is 0 Å². The van der Waals surface area contributed by atoms with Crippen molar-refractivity contribution in [1.29, 1.82) is 0 Å². The van der Waals surface area contributed by atoms with Crippen LogP contribution in [-0.4, -0.2) is 49.9 Å². The maximum Gasteiger partial charge on any atom is 0.312 e. The van der Waals surface area contributed by atoms with E-state index in [1.807, 2.05) is 0 Å². The summed E-state index contributed by atoms with van der Waals surface area (Å²) in [6, 6.07) is -0.677. The fourth-order valence-electron chi connectivity index (χ4n) is 2.21. The van der Waals surface area contributed by atoms with Gasteiger partial charge in [-0.15, -0.1) is 12.4 Å². The summed E-state index contributed by atoms with van der Waals surface area (Å²) in [5, 5.41) is 22.7. The van der Waals surface area contributed by atoms with Crippen molar-refractivity contribution in [3.8, 4) is 0 Å². The molecule has 1 aliphatic heterocycles.